The van der Waals surface area contributed by atoms with Gasteiger partial charge in [0.05, 0.1) is 16.9 Å². The maximum Gasteiger partial charge on any atom is 0.233 e. The molecule has 2 aliphatic carbocycles. The van der Waals surface area contributed by atoms with Crippen molar-refractivity contribution >= 4 is 44.7 Å². The van der Waals surface area contributed by atoms with Crippen molar-refractivity contribution in [1.82, 2.24) is 0 Å². The number of anilines is 1. The molecule has 2 fully saturated rings. The highest BCUT2D eigenvalue weighted by Crippen LogP contribution is 2.64. The zero-order chi connectivity index (χ0) is 17.0. The van der Waals surface area contributed by atoms with E-state index in [2.05, 4.69) is 4.72 Å². The van der Waals surface area contributed by atoms with Crippen LogP contribution in [0.2, 0.25) is 10.0 Å². The van der Waals surface area contributed by atoms with Crippen molar-refractivity contribution < 1.29 is 13.2 Å². The van der Waals surface area contributed by atoms with Gasteiger partial charge in [0, 0.05) is 16.5 Å². The van der Waals surface area contributed by atoms with Crippen molar-refractivity contribution in [3.63, 3.8) is 0 Å². The van der Waals surface area contributed by atoms with Crippen LogP contribution in [0.3, 0.4) is 0 Å². The van der Waals surface area contributed by atoms with E-state index in [1.54, 1.807) is 0 Å². The second-order valence-electron chi connectivity index (χ2n) is 7.19. The third-order valence-corrected chi connectivity index (χ3v) is 7.57. The van der Waals surface area contributed by atoms with E-state index in [4.69, 9.17) is 23.2 Å². The summed E-state index contributed by atoms with van der Waals surface area (Å²) >= 11 is 11.8. The van der Waals surface area contributed by atoms with Crippen LogP contribution in [-0.2, 0) is 14.8 Å². The van der Waals surface area contributed by atoms with Gasteiger partial charge in [-0.05, 0) is 42.4 Å². The smallest absolute Gasteiger partial charge is 0.233 e. The van der Waals surface area contributed by atoms with Gasteiger partial charge in [-0.3, -0.25) is 9.52 Å². The van der Waals surface area contributed by atoms with Crippen molar-refractivity contribution in [2.45, 2.75) is 33.1 Å². The van der Waals surface area contributed by atoms with Gasteiger partial charge < -0.3 is 0 Å². The van der Waals surface area contributed by atoms with E-state index in [1.807, 2.05) is 13.8 Å². The fourth-order valence-electron chi connectivity index (χ4n) is 4.26. The number of sulfonamides is 1. The minimum atomic E-state index is -3.69. The Bertz CT molecular complexity index is 755. The number of hydrogen-bond donors (Lipinski definition) is 1. The van der Waals surface area contributed by atoms with Crippen LogP contribution in [-0.4, -0.2) is 20.0 Å². The first-order chi connectivity index (χ1) is 10.6. The molecule has 0 unspecified atom stereocenters. The maximum absolute atomic E-state index is 12.6. The number of carbonyl (C=O) groups excluding carboxylic acids is 1. The number of ketones is 1. The van der Waals surface area contributed by atoms with Crippen molar-refractivity contribution in [3.8, 4) is 0 Å². The van der Waals surface area contributed by atoms with Crippen LogP contribution < -0.4 is 4.72 Å². The fraction of sp³-hybridized carbons (Fsp3) is 0.562. The lowest BCUT2D eigenvalue weighted by Gasteiger charge is -2.36. The Hall–Kier alpha value is -0.780. The molecule has 0 saturated heterocycles. The Morgan fingerprint density at radius 1 is 1.22 bits per heavy atom. The molecule has 1 aromatic carbocycles. The zero-order valence-corrected chi connectivity index (χ0v) is 15.4. The van der Waals surface area contributed by atoms with Gasteiger partial charge in [-0.1, -0.05) is 37.0 Å². The molecule has 4 nitrogen and oxygen atoms in total. The molecule has 2 saturated carbocycles. The first kappa shape index (κ1) is 17.1. The number of halogens is 2. The molecule has 0 amide bonds. The molecule has 0 spiro atoms. The third kappa shape index (κ3) is 2.77. The largest absolute Gasteiger partial charge is 0.299 e. The van der Waals surface area contributed by atoms with Gasteiger partial charge in [-0.2, -0.15) is 0 Å². The molecule has 3 rings (SSSR count). The van der Waals surface area contributed by atoms with E-state index in [0.717, 1.165) is 6.42 Å². The minimum Gasteiger partial charge on any atom is -0.299 e. The van der Waals surface area contributed by atoms with E-state index in [9.17, 15) is 13.2 Å². The average Bonchev–Trinajstić information content (AvgIpc) is 2.70. The molecule has 2 aliphatic rings. The molecule has 7 heteroatoms. The van der Waals surface area contributed by atoms with Gasteiger partial charge in [0.1, 0.15) is 5.78 Å². The highest BCUT2D eigenvalue weighted by Gasteiger charge is 2.65. The fourth-order valence-corrected chi connectivity index (χ4v) is 6.66. The second-order valence-corrected chi connectivity index (χ2v) is 9.78. The van der Waals surface area contributed by atoms with Crippen LogP contribution in [0, 0.1) is 16.7 Å². The number of Topliss-reactive ketones (excluding diaryl/α,β-unsaturated/α-hetero) is 1. The molecule has 2 bridgehead atoms. The molecule has 23 heavy (non-hydrogen) atoms. The molecule has 2 atom stereocenters. The van der Waals surface area contributed by atoms with Crippen LogP contribution >= 0.6 is 23.2 Å². The molecule has 0 aliphatic heterocycles. The standard InChI is InChI=1S/C16H19Cl2NO3S/c1-15(2)10-3-4-16(15,14(20)5-10)9-23(21,22)19-13-7-11(17)6-12(18)8-13/h6-8,10,19H,3-5,9H2,1-2H3/t10-,16-/m0/s1. The molecule has 0 heterocycles. The molecular weight excluding hydrogens is 357 g/mol. The SMILES string of the molecule is CC1(C)[C@H]2CC[C@]1(CS(=O)(=O)Nc1cc(Cl)cc(Cl)c1)C(=O)C2. The van der Waals surface area contributed by atoms with Gasteiger partial charge >= 0.3 is 0 Å². The van der Waals surface area contributed by atoms with E-state index in [0.29, 0.717) is 28.6 Å². The third-order valence-electron chi connectivity index (χ3n) is 5.71. The summed E-state index contributed by atoms with van der Waals surface area (Å²) in [5.41, 5.74) is -0.756. The highest BCUT2D eigenvalue weighted by molar-refractivity contribution is 7.92. The van der Waals surface area contributed by atoms with Gasteiger partial charge in [0.25, 0.3) is 0 Å². The highest BCUT2D eigenvalue weighted by atomic mass is 35.5. The molecule has 1 N–H and O–H groups in total. The quantitative estimate of drug-likeness (QED) is 0.860. The summed E-state index contributed by atoms with van der Waals surface area (Å²) in [5.74, 6) is 0.172. The van der Waals surface area contributed by atoms with E-state index in [1.165, 1.54) is 18.2 Å². The van der Waals surface area contributed by atoms with Gasteiger partial charge in [0.15, 0.2) is 0 Å². The van der Waals surface area contributed by atoms with Crippen LogP contribution in [0.1, 0.15) is 33.1 Å². The normalized spacial score (nSPS) is 29.0. The van der Waals surface area contributed by atoms with Gasteiger partial charge in [-0.15, -0.1) is 0 Å². The first-order valence-corrected chi connectivity index (χ1v) is 9.96. The number of fused-ring (bicyclic) bond motifs is 2. The topological polar surface area (TPSA) is 63.2 Å². The summed E-state index contributed by atoms with van der Waals surface area (Å²) in [5, 5.41) is 0.707. The predicted molar refractivity (Wildman–Crippen MR) is 92.4 cm³/mol. The Balaban J connectivity index is 1.88. The van der Waals surface area contributed by atoms with Gasteiger partial charge in [-0.25, -0.2) is 8.42 Å². The molecular formula is C16H19Cl2NO3S. The summed E-state index contributed by atoms with van der Waals surface area (Å²) in [6, 6.07) is 4.54. The summed E-state index contributed by atoms with van der Waals surface area (Å²) in [6.07, 6.45) is 2.05. The average molecular weight is 376 g/mol. The number of nitrogens with one attached hydrogen (secondary N) is 1. The van der Waals surface area contributed by atoms with Crippen LogP contribution in [0.5, 0.6) is 0 Å². The predicted octanol–water partition coefficient (Wildman–Crippen LogP) is 4.13. The number of hydrogen-bond acceptors (Lipinski definition) is 3. The van der Waals surface area contributed by atoms with Crippen LogP contribution in [0.25, 0.3) is 0 Å². The van der Waals surface area contributed by atoms with Crippen LogP contribution in [0.4, 0.5) is 5.69 Å². The lowest BCUT2D eigenvalue weighted by molar-refractivity contribution is -0.128. The summed E-state index contributed by atoms with van der Waals surface area (Å²) in [7, 11) is -3.69. The van der Waals surface area contributed by atoms with E-state index in [-0.39, 0.29) is 22.9 Å². The van der Waals surface area contributed by atoms with Crippen LogP contribution in [0.15, 0.2) is 18.2 Å². The lowest BCUT2D eigenvalue weighted by atomic mass is 9.70. The Morgan fingerprint density at radius 3 is 2.30 bits per heavy atom. The first-order valence-electron chi connectivity index (χ1n) is 7.56. The number of benzene rings is 1. The van der Waals surface area contributed by atoms with E-state index < -0.39 is 15.4 Å². The Morgan fingerprint density at radius 2 is 1.83 bits per heavy atom. The lowest BCUT2D eigenvalue weighted by Crippen LogP contribution is -2.43. The van der Waals surface area contributed by atoms with Crippen molar-refractivity contribution in [1.29, 1.82) is 0 Å². The van der Waals surface area contributed by atoms with Crippen molar-refractivity contribution in [2.24, 2.45) is 16.7 Å². The Labute approximate surface area is 146 Å². The van der Waals surface area contributed by atoms with Gasteiger partial charge in [0.2, 0.25) is 10.0 Å². The monoisotopic (exact) mass is 375 g/mol. The van der Waals surface area contributed by atoms with Crippen molar-refractivity contribution in [3.05, 3.63) is 28.2 Å². The second kappa shape index (κ2) is 5.36. The maximum atomic E-state index is 12.6. The molecule has 0 aromatic heterocycles. The van der Waals surface area contributed by atoms with E-state index >= 15 is 0 Å². The summed E-state index contributed by atoms with van der Waals surface area (Å²) in [4.78, 5) is 12.5. The summed E-state index contributed by atoms with van der Waals surface area (Å²) in [6.45, 7) is 4.03. The molecule has 126 valence electrons. The molecule has 0 radical (unpaired) electrons. The molecule has 1 aromatic rings. The van der Waals surface area contributed by atoms with Crippen molar-refractivity contribution in [2.75, 3.05) is 10.5 Å². The number of carbonyl (C=O) groups is 1. The Kier molecular flexibility index (Phi) is 3.98. The zero-order valence-electron chi connectivity index (χ0n) is 13.0. The number of rotatable bonds is 4. The summed E-state index contributed by atoms with van der Waals surface area (Å²) < 4.78 is 27.8. The minimum absolute atomic E-state index is 0.0771.